The van der Waals surface area contributed by atoms with Crippen LogP contribution in [0.2, 0.25) is 0 Å². The Morgan fingerprint density at radius 2 is 0.837 bits per heavy atom. The number of carbonyl (C=O) groups is 3. The van der Waals surface area contributed by atoms with Gasteiger partial charge in [0.25, 0.3) is 0 Å². The van der Waals surface area contributed by atoms with Crippen LogP contribution in [0.1, 0.15) is 197 Å². The summed E-state index contributed by atoms with van der Waals surface area (Å²) in [6, 6.07) is 0. The van der Waals surface area contributed by atoms with E-state index < -0.39 is 34.7 Å². The monoisotopic (exact) mass is 636 g/mol. The summed E-state index contributed by atoms with van der Waals surface area (Å²) in [5.74, 6) is -3.23. The van der Waals surface area contributed by atoms with E-state index in [9.17, 15) is 29.7 Å². The Morgan fingerprint density at radius 1 is 0.581 bits per heavy atom. The molecule has 0 aliphatic rings. The van der Waals surface area contributed by atoms with Crippen molar-refractivity contribution in [2.75, 3.05) is 0 Å². The van der Waals surface area contributed by atoms with Crippen LogP contribution in [0.25, 0.3) is 0 Å². The van der Waals surface area contributed by atoms with E-state index in [0.717, 1.165) is 77.0 Å². The Labute approximate surface area is 310 Å². The van der Waals surface area contributed by atoms with Gasteiger partial charge in [0.1, 0.15) is 6.10 Å². The fraction of sp³-hybridized carbons (Fsp3) is 0.917. The third-order valence-electron chi connectivity index (χ3n) is 8.95. The van der Waals surface area contributed by atoms with E-state index in [2.05, 4.69) is 0 Å². The number of unbranched alkanes of at least 4 members (excludes halogenated alkanes) is 22. The van der Waals surface area contributed by atoms with Gasteiger partial charge in [-0.1, -0.05) is 169 Å². The molecule has 0 heterocycles. The summed E-state index contributed by atoms with van der Waals surface area (Å²) in [5, 5.41) is 33.3. The summed E-state index contributed by atoms with van der Waals surface area (Å²) in [7, 11) is 0. The van der Waals surface area contributed by atoms with Crippen LogP contribution in [0, 0.1) is 5.41 Å². The number of rotatable bonds is 31. The first-order chi connectivity index (χ1) is 21.1. The second-order valence-electron chi connectivity index (χ2n) is 13.0. The summed E-state index contributed by atoms with van der Waals surface area (Å²) in [4.78, 5) is 38.1. The number of carbonyl (C=O) groups excluding carboxylic acids is 3. The van der Waals surface area contributed by atoms with E-state index in [0.29, 0.717) is 26.6 Å². The fourth-order valence-corrected chi connectivity index (χ4v) is 5.84. The van der Waals surface area contributed by atoms with Crippen molar-refractivity contribution in [3.63, 3.8) is 0 Å². The zero-order valence-electron chi connectivity index (χ0n) is 30.4. The Kier molecular flexibility index (Phi) is 27.5. The van der Waals surface area contributed by atoms with Crippen LogP contribution in [-0.4, -0.2) is 39.5 Å². The van der Waals surface area contributed by atoms with E-state index in [-0.39, 0.29) is 64.2 Å². The quantitative estimate of drug-likeness (QED) is 0.0616. The van der Waals surface area contributed by atoms with Crippen LogP contribution in [-0.2, 0) is 14.4 Å². The first-order valence-electron chi connectivity index (χ1n) is 18.7. The molecule has 0 saturated carbocycles. The third-order valence-corrected chi connectivity index (χ3v) is 8.95. The first kappa shape index (κ1) is 41.4. The van der Waals surface area contributed by atoms with Crippen molar-refractivity contribution in [1.29, 1.82) is 0 Å². The van der Waals surface area contributed by atoms with Crippen molar-refractivity contribution >= 4 is 17.5 Å². The molecule has 0 amide bonds. The Morgan fingerprint density at radius 3 is 1.09 bits per heavy atom. The van der Waals surface area contributed by atoms with Gasteiger partial charge in [-0.3, -0.25) is 9.59 Å². The molecule has 0 aliphatic carbocycles. The summed E-state index contributed by atoms with van der Waals surface area (Å²) in [5.41, 5.74) is -4.49. The van der Waals surface area contributed by atoms with E-state index in [1.54, 1.807) is 0 Å². The number of Topliss-reactive ketones (excluding diaryl/α,β-unsaturated/α-hetero) is 2. The molecule has 1 atom stereocenters. The normalized spacial score (nSPS) is 13.2. The Balaban J connectivity index is 0. The number of carboxylic acids is 1. The summed E-state index contributed by atoms with van der Waals surface area (Å²) < 4.78 is 14.3. The van der Waals surface area contributed by atoms with Crippen molar-refractivity contribution in [1.82, 2.24) is 0 Å². The molecule has 0 saturated heterocycles. The van der Waals surface area contributed by atoms with Crippen molar-refractivity contribution in [3.8, 4) is 0 Å². The van der Waals surface area contributed by atoms with Gasteiger partial charge in [-0.05, 0) is 12.8 Å². The summed E-state index contributed by atoms with van der Waals surface area (Å²) >= 11 is 0. The molecule has 0 unspecified atom stereocenters. The topological polar surface area (TPSA) is 115 Å². The molecule has 43 heavy (non-hydrogen) atoms. The van der Waals surface area contributed by atoms with Gasteiger partial charge in [-0.2, -0.15) is 0 Å². The number of hydrogen-bond donors (Lipinski definition) is 2. The van der Waals surface area contributed by atoms with Crippen LogP contribution < -0.4 is 56.5 Å². The van der Waals surface area contributed by atoms with Crippen LogP contribution in [0.15, 0.2) is 0 Å². The minimum atomic E-state index is -2.58. The molecule has 0 aliphatic heterocycles. The minimum Gasteiger partial charge on any atom is -0.547 e. The molecule has 0 spiro atoms. The SMILES string of the molecule is [2H]CCCCCCCCCCCCCCC(=O)C(O)(C(=O)CCCCCCCCCCCCCC[2H])C(C)(C)[C@@H](O)C(=O)[O-].[K+]. The summed E-state index contributed by atoms with van der Waals surface area (Å²) in [6.45, 7) is 3.57. The van der Waals surface area contributed by atoms with Gasteiger partial charge in [0.2, 0.25) is 0 Å². The maximum atomic E-state index is 13.3. The van der Waals surface area contributed by atoms with Crippen molar-refractivity contribution in [3.05, 3.63) is 0 Å². The van der Waals surface area contributed by atoms with Gasteiger partial charge in [0, 0.05) is 21.0 Å². The molecule has 7 heteroatoms. The molecule has 0 aromatic carbocycles. The number of carboxylic acid groups (broad SMARTS) is 1. The number of aliphatic hydroxyl groups is 2. The molecule has 2 N–H and O–H groups in total. The standard InChI is InChI=1S/C36H68O6.K/c1-5-7-9-11-13-15-17-19-21-23-25-27-29-31(37)36(42,35(3,4)33(39)34(40)41)32(38)30-28-26-24-22-20-18-16-14-12-10-8-6-2;/h33,39,42H,5-30H2,1-4H3,(H,40,41);/q;+1/p-1/t33-;/m0./s1/i1D,2D;. The van der Waals surface area contributed by atoms with Gasteiger partial charge in [-0.25, -0.2) is 0 Å². The zero-order chi connectivity index (χ0) is 33.1. The van der Waals surface area contributed by atoms with Gasteiger partial charge >= 0.3 is 51.4 Å². The van der Waals surface area contributed by atoms with Crippen LogP contribution in [0.5, 0.6) is 0 Å². The molecule has 0 rings (SSSR count). The van der Waals surface area contributed by atoms with Crippen LogP contribution >= 0.6 is 0 Å². The number of ketones is 2. The van der Waals surface area contributed by atoms with Gasteiger partial charge < -0.3 is 20.1 Å². The second-order valence-corrected chi connectivity index (χ2v) is 13.0. The molecule has 248 valence electrons. The molecule has 6 nitrogen and oxygen atoms in total. The van der Waals surface area contributed by atoms with Gasteiger partial charge in [0.05, 0.1) is 5.97 Å². The average molecular weight is 637 g/mol. The summed E-state index contributed by atoms with van der Waals surface area (Å²) in [6.07, 6.45) is 23.2. The maximum Gasteiger partial charge on any atom is 1.00 e. The molecule has 0 aromatic rings. The number of hydrogen-bond acceptors (Lipinski definition) is 6. The van der Waals surface area contributed by atoms with E-state index in [4.69, 9.17) is 2.74 Å². The molecular weight excluding hydrogens is 567 g/mol. The zero-order valence-corrected chi connectivity index (χ0v) is 31.5. The largest absolute Gasteiger partial charge is 1.00 e. The van der Waals surface area contributed by atoms with Crippen LogP contribution in [0.3, 0.4) is 0 Å². The molecular formula is C36H67KO6. The number of aliphatic carboxylic acids is 1. The van der Waals surface area contributed by atoms with E-state index in [1.165, 1.54) is 78.1 Å². The second kappa shape index (κ2) is 28.6. The smallest absolute Gasteiger partial charge is 0.547 e. The van der Waals surface area contributed by atoms with Crippen LogP contribution in [0.4, 0.5) is 0 Å². The Hall–Kier alpha value is 0.366. The van der Waals surface area contributed by atoms with E-state index in [1.807, 2.05) is 0 Å². The molecule has 0 fully saturated rings. The fourth-order valence-electron chi connectivity index (χ4n) is 5.84. The average Bonchev–Trinajstić information content (AvgIpc) is 3.00. The molecule has 0 bridgehead atoms. The Bertz CT molecular complexity index is 707. The van der Waals surface area contributed by atoms with Gasteiger partial charge in [-0.15, -0.1) is 0 Å². The predicted octanol–water partition coefficient (Wildman–Crippen LogP) is 5.18. The van der Waals surface area contributed by atoms with E-state index >= 15 is 0 Å². The first-order valence-corrected chi connectivity index (χ1v) is 17.3. The predicted molar refractivity (Wildman–Crippen MR) is 171 cm³/mol. The molecule has 0 radical (unpaired) electrons. The maximum absolute atomic E-state index is 13.3. The number of aliphatic hydroxyl groups excluding tert-OH is 1. The molecule has 0 aromatic heterocycles. The van der Waals surface area contributed by atoms with Crippen molar-refractivity contribution < 1.29 is 83.8 Å². The van der Waals surface area contributed by atoms with Crippen molar-refractivity contribution in [2.45, 2.75) is 206 Å². The van der Waals surface area contributed by atoms with Gasteiger partial charge in [0.15, 0.2) is 17.2 Å². The van der Waals surface area contributed by atoms with Crippen molar-refractivity contribution in [2.24, 2.45) is 5.41 Å². The minimum absolute atomic E-state index is 0. The third kappa shape index (κ3) is 19.6.